The lowest BCUT2D eigenvalue weighted by molar-refractivity contribution is 0.197. The van der Waals surface area contributed by atoms with Crippen LogP contribution in [0.15, 0.2) is 30.6 Å². The van der Waals surface area contributed by atoms with Crippen molar-refractivity contribution in [3.05, 3.63) is 41.9 Å². The molecular formula is C17H25N5O. The van der Waals surface area contributed by atoms with Crippen molar-refractivity contribution in [2.45, 2.75) is 19.8 Å². The second-order valence-electron chi connectivity index (χ2n) is 5.49. The van der Waals surface area contributed by atoms with Gasteiger partial charge in [-0.2, -0.15) is 4.98 Å². The lowest BCUT2D eigenvalue weighted by Gasteiger charge is -2.19. The van der Waals surface area contributed by atoms with E-state index in [0.29, 0.717) is 5.95 Å². The smallest absolute Gasteiger partial charge is 0.224 e. The number of methoxy groups -OCH3 is 1. The molecule has 23 heavy (non-hydrogen) atoms. The predicted molar refractivity (Wildman–Crippen MR) is 93.0 cm³/mol. The molecule has 2 aromatic rings. The minimum atomic E-state index is 0.673. The second kappa shape index (κ2) is 9.05. The molecule has 2 heterocycles. The molecule has 0 aliphatic heterocycles. The highest BCUT2D eigenvalue weighted by Gasteiger charge is 2.07. The fourth-order valence-electron chi connectivity index (χ4n) is 2.20. The highest BCUT2D eigenvalue weighted by Crippen LogP contribution is 2.14. The molecule has 0 aliphatic carbocycles. The average Bonchev–Trinajstić information content (AvgIpc) is 2.57. The zero-order chi connectivity index (χ0) is 16.5. The molecule has 6 nitrogen and oxygen atoms in total. The van der Waals surface area contributed by atoms with Gasteiger partial charge in [0.15, 0.2) is 0 Å². The molecule has 0 aliphatic rings. The highest BCUT2D eigenvalue weighted by atomic mass is 16.5. The summed E-state index contributed by atoms with van der Waals surface area (Å²) in [6, 6.07) is 6.09. The summed E-state index contributed by atoms with van der Waals surface area (Å²) in [4.78, 5) is 15.2. The second-order valence-corrected chi connectivity index (χ2v) is 5.49. The van der Waals surface area contributed by atoms with Gasteiger partial charge in [-0.15, -0.1) is 0 Å². The number of nitrogens with one attached hydrogen (secondary N) is 1. The summed E-state index contributed by atoms with van der Waals surface area (Å²) < 4.78 is 5.05. The van der Waals surface area contributed by atoms with Crippen molar-refractivity contribution in [2.24, 2.45) is 0 Å². The van der Waals surface area contributed by atoms with Crippen LogP contribution in [0.4, 0.5) is 11.8 Å². The molecule has 0 fully saturated rings. The first kappa shape index (κ1) is 17.1. The summed E-state index contributed by atoms with van der Waals surface area (Å²) in [5, 5.41) is 3.25. The summed E-state index contributed by atoms with van der Waals surface area (Å²) in [5.74, 6) is 1.60. The van der Waals surface area contributed by atoms with Crippen LogP contribution in [0.2, 0.25) is 0 Å². The van der Waals surface area contributed by atoms with Crippen LogP contribution in [-0.4, -0.2) is 48.8 Å². The van der Waals surface area contributed by atoms with Crippen molar-refractivity contribution in [1.82, 2.24) is 15.0 Å². The molecule has 0 spiro atoms. The Labute approximate surface area is 137 Å². The van der Waals surface area contributed by atoms with E-state index in [1.807, 2.05) is 37.5 Å². The normalized spacial score (nSPS) is 10.6. The predicted octanol–water partition coefficient (Wildman–Crippen LogP) is 2.31. The van der Waals surface area contributed by atoms with E-state index in [0.717, 1.165) is 44.0 Å². The lowest BCUT2D eigenvalue weighted by atomic mass is 10.2. The molecule has 0 radical (unpaired) electrons. The summed E-state index contributed by atoms with van der Waals surface area (Å²) in [5.41, 5.74) is 2.23. The van der Waals surface area contributed by atoms with Crippen molar-refractivity contribution in [2.75, 3.05) is 44.1 Å². The number of rotatable bonds is 9. The van der Waals surface area contributed by atoms with E-state index in [4.69, 9.17) is 4.74 Å². The van der Waals surface area contributed by atoms with Gasteiger partial charge in [-0.05, 0) is 37.5 Å². The number of pyridine rings is 1. The quantitative estimate of drug-likeness (QED) is 0.717. The Balaban J connectivity index is 1.93. The molecule has 0 aromatic carbocycles. The Hall–Kier alpha value is -2.21. The fraction of sp³-hybridized carbons (Fsp3) is 0.471. The summed E-state index contributed by atoms with van der Waals surface area (Å²) in [7, 11) is 3.76. The number of nitrogens with zero attached hydrogens (tertiary/aromatic N) is 4. The summed E-state index contributed by atoms with van der Waals surface area (Å²) in [6.07, 6.45) is 5.54. The van der Waals surface area contributed by atoms with Gasteiger partial charge < -0.3 is 15.0 Å². The molecule has 0 atom stereocenters. The van der Waals surface area contributed by atoms with E-state index in [2.05, 4.69) is 32.2 Å². The van der Waals surface area contributed by atoms with Gasteiger partial charge in [0.05, 0.1) is 0 Å². The van der Waals surface area contributed by atoms with Crippen molar-refractivity contribution >= 4 is 11.8 Å². The molecule has 2 rings (SSSR count). The van der Waals surface area contributed by atoms with Crippen molar-refractivity contribution < 1.29 is 4.74 Å². The summed E-state index contributed by atoms with van der Waals surface area (Å²) in [6.45, 7) is 4.42. The largest absolute Gasteiger partial charge is 0.385 e. The number of anilines is 2. The molecule has 0 bridgehead atoms. The number of likely N-dealkylation sites (N-methyl/N-ethyl adjacent to an activating group) is 1. The standard InChI is InChI=1S/C17H25N5O/c1-14-13-16(21-17(20-14)19-8-4-12-23-3)22(2)11-7-15-5-9-18-10-6-15/h5-6,9-10,13H,4,7-8,11-12H2,1-3H3,(H,19,20,21). The van der Waals surface area contributed by atoms with Gasteiger partial charge in [0.2, 0.25) is 5.95 Å². The molecule has 0 saturated heterocycles. The fourth-order valence-corrected chi connectivity index (χ4v) is 2.20. The first-order valence-corrected chi connectivity index (χ1v) is 7.87. The zero-order valence-electron chi connectivity index (χ0n) is 14.1. The van der Waals surface area contributed by atoms with E-state index < -0.39 is 0 Å². The number of hydrogen-bond acceptors (Lipinski definition) is 6. The van der Waals surface area contributed by atoms with Crippen molar-refractivity contribution in [3.63, 3.8) is 0 Å². The van der Waals surface area contributed by atoms with Crippen LogP contribution in [0.1, 0.15) is 17.7 Å². The third-order valence-electron chi connectivity index (χ3n) is 3.53. The Kier molecular flexibility index (Phi) is 6.75. The van der Waals surface area contributed by atoms with E-state index >= 15 is 0 Å². The maximum absolute atomic E-state index is 5.05. The average molecular weight is 315 g/mol. The SMILES string of the molecule is COCCCNc1nc(C)cc(N(C)CCc2ccncc2)n1. The van der Waals surface area contributed by atoms with Gasteiger partial charge in [-0.3, -0.25) is 4.98 Å². The molecule has 2 aromatic heterocycles. The van der Waals surface area contributed by atoms with Gasteiger partial charge in [0.1, 0.15) is 5.82 Å². The summed E-state index contributed by atoms with van der Waals surface area (Å²) >= 11 is 0. The van der Waals surface area contributed by atoms with Crippen LogP contribution < -0.4 is 10.2 Å². The van der Waals surface area contributed by atoms with Crippen LogP contribution in [0.3, 0.4) is 0 Å². The van der Waals surface area contributed by atoms with Crippen LogP contribution in [0.25, 0.3) is 0 Å². The first-order chi connectivity index (χ1) is 11.2. The number of aryl methyl sites for hydroxylation is 1. The van der Waals surface area contributed by atoms with Crippen LogP contribution in [-0.2, 0) is 11.2 Å². The van der Waals surface area contributed by atoms with Crippen molar-refractivity contribution in [3.8, 4) is 0 Å². The number of aromatic nitrogens is 3. The van der Waals surface area contributed by atoms with Crippen LogP contribution in [0.5, 0.6) is 0 Å². The van der Waals surface area contributed by atoms with E-state index in [9.17, 15) is 0 Å². The maximum atomic E-state index is 5.05. The van der Waals surface area contributed by atoms with Gasteiger partial charge in [-0.25, -0.2) is 4.98 Å². The molecule has 124 valence electrons. The molecule has 1 N–H and O–H groups in total. The van der Waals surface area contributed by atoms with E-state index in [1.165, 1.54) is 5.56 Å². The minimum absolute atomic E-state index is 0.673. The highest BCUT2D eigenvalue weighted by molar-refractivity contribution is 5.44. The zero-order valence-corrected chi connectivity index (χ0v) is 14.1. The molecule has 6 heteroatoms. The number of hydrogen-bond donors (Lipinski definition) is 1. The first-order valence-electron chi connectivity index (χ1n) is 7.87. The molecule has 0 unspecified atom stereocenters. The van der Waals surface area contributed by atoms with Gasteiger partial charge in [0.25, 0.3) is 0 Å². The third-order valence-corrected chi connectivity index (χ3v) is 3.53. The molecular weight excluding hydrogens is 290 g/mol. The minimum Gasteiger partial charge on any atom is -0.385 e. The van der Waals surface area contributed by atoms with Crippen LogP contribution >= 0.6 is 0 Å². The third kappa shape index (κ3) is 5.83. The Morgan fingerprint density at radius 1 is 1.22 bits per heavy atom. The maximum Gasteiger partial charge on any atom is 0.224 e. The lowest BCUT2D eigenvalue weighted by Crippen LogP contribution is -2.22. The Bertz CT molecular complexity index is 591. The Morgan fingerprint density at radius 3 is 2.74 bits per heavy atom. The van der Waals surface area contributed by atoms with E-state index in [-0.39, 0.29) is 0 Å². The van der Waals surface area contributed by atoms with Crippen molar-refractivity contribution in [1.29, 1.82) is 0 Å². The van der Waals surface area contributed by atoms with E-state index in [1.54, 1.807) is 7.11 Å². The Morgan fingerprint density at radius 2 is 2.00 bits per heavy atom. The van der Waals surface area contributed by atoms with Crippen LogP contribution in [0, 0.1) is 6.92 Å². The van der Waals surface area contributed by atoms with Gasteiger partial charge >= 0.3 is 0 Å². The molecule has 0 amide bonds. The monoisotopic (exact) mass is 315 g/mol. The molecule has 0 saturated carbocycles. The van der Waals surface area contributed by atoms with Gasteiger partial charge in [-0.1, -0.05) is 0 Å². The topological polar surface area (TPSA) is 63.2 Å². The van der Waals surface area contributed by atoms with Gasteiger partial charge in [0, 0.05) is 58.0 Å². The number of ether oxygens (including phenoxy) is 1.